The van der Waals surface area contributed by atoms with Gasteiger partial charge in [0.15, 0.2) is 11.5 Å². The number of nitrogens with one attached hydrogen (secondary N) is 1. The maximum absolute atomic E-state index is 12.3. The number of nitrogens with zero attached hydrogens (tertiary/aromatic N) is 1. The summed E-state index contributed by atoms with van der Waals surface area (Å²) in [4.78, 5) is 22.8. The van der Waals surface area contributed by atoms with E-state index < -0.39 is 11.0 Å². The average molecular weight is 412 g/mol. The largest absolute Gasteiger partial charge is 0.493 e. The molecule has 8 nitrogen and oxygen atoms in total. The molecule has 8 heteroatoms. The van der Waals surface area contributed by atoms with Gasteiger partial charge >= 0.3 is 0 Å². The van der Waals surface area contributed by atoms with Crippen LogP contribution in [0.3, 0.4) is 0 Å². The third-order valence-corrected chi connectivity index (χ3v) is 4.39. The van der Waals surface area contributed by atoms with Crippen LogP contribution in [0.4, 0.5) is 5.69 Å². The molecular weight excluding hydrogens is 388 g/mol. The van der Waals surface area contributed by atoms with Gasteiger partial charge in [0.1, 0.15) is 12.7 Å². The highest BCUT2D eigenvalue weighted by molar-refractivity contribution is 5.76. The molecule has 0 aliphatic rings. The van der Waals surface area contributed by atoms with Gasteiger partial charge in [0.2, 0.25) is 5.91 Å². The summed E-state index contributed by atoms with van der Waals surface area (Å²) in [6, 6.07) is 11.6. The average Bonchev–Trinajstić information content (AvgIpc) is 2.77. The van der Waals surface area contributed by atoms with Crippen molar-refractivity contribution in [2.24, 2.45) is 0 Å². The molecule has 0 heterocycles. The molecule has 1 N–H and O–H groups in total. The molecule has 0 fully saturated rings. The van der Waals surface area contributed by atoms with Gasteiger partial charge in [0.05, 0.1) is 19.1 Å². The zero-order valence-electron chi connectivity index (χ0n) is 16.9. The van der Waals surface area contributed by atoms with Gasteiger partial charge in [-0.2, -0.15) is 0 Å². The number of carbonyl (C=O) groups excluding carboxylic acids is 1. The number of non-ortho nitro benzene ring substituents is 1. The minimum Gasteiger partial charge on any atom is -0.493 e. The predicted molar refractivity (Wildman–Crippen MR) is 111 cm³/mol. The first-order valence-electron chi connectivity index (χ1n) is 9.25. The molecule has 0 aliphatic carbocycles. The molecule has 30 heavy (non-hydrogen) atoms. The quantitative estimate of drug-likeness (QED) is 0.346. The molecule has 0 bridgehead atoms. The van der Waals surface area contributed by atoms with E-state index in [2.05, 4.69) is 11.2 Å². The zero-order chi connectivity index (χ0) is 21.9. The molecule has 0 radical (unpaired) electrons. The highest BCUT2D eigenvalue weighted by atomic mass is 16.6. The first kappa shape index (κ1) is 22.7. The molecule has 1 amide bonds. The molecule has 1 unspecified atom stereocenters. The predicted octanol–water partition coefficient (Wildman–Crippen LogP) is 3.05. The second-order valence-corrected chi connectivity index (χ2v) is 6.35. The number of nitro groups is 1. The number of rotatable bonds is 11. The smallest absolute Gasteiger partial charge is 0.269 e. The van der Waals surface area contributed by atoms with Gasteiger partial charge in [-0.25, -0.2) is 0 Å². The summed E-state index contributed by atoms with van der Waals surface area (Å²) in [5.41, 5.74) is 1.45. The van der Waals surface area contributed by atoms with Crippen LogP contribution in [-0.2, 0) is 16.0 Å². The Balaban J connectivity index is 1.96. The van der Waals surface area contributed by atoms with Crippen molar-refractivity contribution in [2.45, 2.75) is 18.9 Å². The monoisotopic (exact) mass is 412 g/mol. The molecule has 2 aromatic carbocycles. The van der Waals surface area contributed by atoms with Crippen molar-refractivity contribution in [3.05, 3.63) is 63.7 Å². The maximum Gasteiger partial charge on any atom is 0.269 e. The third-order valence-electron chi connectivity index (χ3n) is 4.39. The SMILES string of the molecule is C#CCOC(CNC(=O)CCc1ccc(OC)c(OC)c1)c1cccc([N+](=O)[O-])c1. The summed E-state index contributed by atoms with van der Waals surface area (Å²) < 4.78 is 16.1. The van der Waals surface area contributed by atoms with Crippen molar-refractivity contribution in [1.82, 2.24) is 5.32 Å². The maximum atomic E-state index is 12.3. The van der Waals surface area contributed by atoms with Crippen molar-refractivity contribution < 1.29 is 23.9 Å². The van der Waals surface area contributed by atoms with Crippen molar-refractivity contribution in [3.8, 4) is 23.8 Å². The lowest BCUT2D eigenvalue weighted by Gasteiger charge is -2.18. The molecule has 2 aromatic rings. The molecule has 0 aromatic heterocycles. The fraction of sp³-hybridized carbons (Fsp3) is 0.318. The van der Waals surface area contributed by atoms with Crippen LogP contribution in [0.1, 0.15) is 23.7 Å². The van der Waals surface area contributed by atoms with E-state index >= 15 is 0 Å². The molecular formula is C22H24N2O6. The topological polar surface area (TPSA) is 99.9 Å². The van der Waals surface area contributed by atoms with Gasteiger partial charge in [0, 0.05) is 25.1 Å². The van der Waals surface area contributed by atoms with E-state index in [4.69, 9.17) is 20.6 Å². The second kappa shape index (κ2) is 11.4. The van der Waals surface area contributed by atoms with E-state index in [0.29, 0.717) is 23.5 Å². The van der Waals surface area contributed by atoms with Gasteiger partial charge < -0.3 is 19.5 Å². The number of hydrogen-bond acceptors (Lipinski definition) is 6. The molecule has 1 atom stereocenters. The fourth-order valence-electron chi connectivity index (χ4n) is 2.85. The van der Waals surface area contributed by atoms with Crippen molar-refractivity contribution >= 4 is 11.6 Å². The standard InChI is InChI=1S/C22H24N2O6/c1-4-12-30-21(17-6-5-7-18(14-17)24(26)27)15-23-22(25)11-9-16-8-10-19(28-2)20(13-16)29-3/h1,5-8,10,13-14,21H,9,11-12,15H2,2-3H3,(H,23,25). The van der Waals surface area contributed by atoms with Gasteiger partial charge in [-0.3, -0.25) is 14.9 Å². The summed E-state index contributed by atoms with van der Waals surface area (Å²) in [7, 11) is 3.11. The van der Waals surface area contributed by atoms with E-state index in [1.807, 2.05) is 12.1 Å². The lowest BCUT2D eigenvalue weighted by molar-refractivity contribution is -0.385. The Bertz CT molecular complexity index is 922. The number of terminal acetylenes is 1. The Hall–Kier alpha value is -3.57. The van der Waals surface area contributed by atoms with Crippen LogP contribution in [0.5, 0.6) is 11.5 Å². The number of carbonyl (C=O) groups is 1. The Kier molecular flexibility index (Phi) is 8.66. The number of hydrogen-bond donors (Lipinski definition) is 1. The normalized spacial score (nSPS) is 11.2. The number of benzene rings is 2. The van der Waals surface area contributed by atoms with Crippen LogP contribution in [0.25, 0.3) is 0 Å². The van der Waals surface area contributed by atoms with Gasteiger partial charge in [-0.1, -0.05) is 24.1 Å². The zero-order valence-corrected chi connectivity index (χ0v) is 16.9. The number of aryl methyl sites for hydroxylation is 1. The van der Waals surface area contributed by atoms with E-state index in [0.717, 1.165) is 5.56 Å². The number of methoxy groups -OCH3 is 2. The first-order valence-corrected chi connectivity index (χ1v) is 9.25. The van der Waals surface area contributed by atoms with Gasteiger partial charge in [-0.05, 0) is 29.7 Å². The number of nitro benzene ring substituents is 1. The van der Waals surface area contributed by atoms with Crippen LogP contribution in [0.2, 0.25) is 0 Å². The van der Waals surface area contributed by atoms with Crippen molar-refractivity contribution in [1.29, 1.82) is 0 Å². The highest BCUT2D eigenvalue weighted by Gasteiger charge is 2.17. The molecule has 0 saturated heterocycles. The van der Waals surface area contributed by atoms with E-state index in [9.17, 15) is 14.9 Å². The van der Waals surface area contributed by atoms with E-state index in [-0.39, 0.29) is 31.2 Å². The molecule has 0 saturated carbocycles. The summed E-state index contributed by atoms with van der Waals surface area (Å²) in [5.74, 6) is 3.41. The van der Waals surface area contributed by atoms with Crippen LogP contribution < -0.4 is 14.8 Å². The highest BCUT2D eigenvalue weighted by Crippen LogP contribution is 2.28. The van der Waals surface area contributed by atoms with E-state index in [1.54, 1.807) is 32.4 Å². The van der Waals surface area contributed by atoms with Crippen LogP contribution in [-0.4, -0.2) is 38.2 Å². The molecule has 0 aliphatic heterocycles. The summed E-state index contributed by atoms with van der Waals surface area (Å²) >= 11 is 0. The van der Waals surface area contributed by atoms with Crippen LogP contribution >= 0.6 is 0 Å². The Labute approximate surface area is 175 Å². The lowest BCUT2D eigenvalue weighted by atomic mass is 10.1. The minimum absolute atomic E-state index is 0.0227. The van der Waals surface area contributed by atoms with E-state index in [1.165, 1.54) is 12.1 Å². The Morgan fingerprint density at radius 2 is 1.97 bits per heavy atom. The summed E-state index contributed by atoms with van der Waals surface area (Å²) in [5, 5.41) is 13.8. The van der Waals surface area contributed by atoms with Gasteiger partial charge in [-0.15, -0.1) is 6.42 Å². The number of ether oxygens (including phenoxy) is 3. The van der Waals surface area contributed by atoms with Crippen LogP contribution in [0.15, 0.2) is 42.5 Å². The molecule has 158 valence electrons. The lowest BCUT2D eigenvalue weighted by Crippen LogP contribution is -2.29. The first-order chi connectivity index (χ1) is 14.5. The fourth-order valence-corrected chi connectivity index (χ4v) is 2.85. The summed E-state index contributed by atoms with van der Waals surface area (Å²) in [6.45, 7) is 0.169. The van der Waals surface area contributed by atoms with Crippen LogP contribution in [0, 0.1) is 22.5 Å². The van der Waals surface area contributed by atoms with Gasteiger partial charge in [0.25, 0.3) is 5.69 Å². The molecule has 2 rings (SSSR count). The third kappa shape index (κ3) is 6.50. The minimum atomic E-state index is -0.592. The summed E-state index contributed by atoms with van der Waals surface area (Å²) in [6.07, 6.45) is 5.43. The number of amides is 1. The Morgan fingerprint density at radius 3 is 2.63 bits per heavy atom. The molecule has 0 spiro atoms. The van der Waals surface area contributed by atoms with Crippen molar-refractivity contribution in [3.63, 3.8) is 0 Å². The van der Waals surface area contributed by atoms with Crippen molar-refractivity contribution in [2.75, 3.05) is 27.4 Å². The second-order valence-electron chi connectivity index (χ2n) is 6.35. The Morgan fingerprint density at radius 1 is 1.20 bits per heavy atom.